The molecule has 1 N–H and O–H groups in total. The molecule has 18 heavy (non-hydrogen) atoms. The Labute approximate surface area is 114 Å². The fraction of sp³-hybridized carbons (Fsp3) is 1.00. The van der Waals surface area contributed by atoms with Gasteiger partial charge in [0.25, 0.3) is 0 Å². The van der Waals surface area contributed by atoms with E-state index in [4.69, 9.17) is 0 Å². The highest BCUT2D eigenvalue weighted by Gasteiger charge is 2.33. The summed E-state index contributed by atoms with van der Waals surface area (Å²) < 4.78 is 0. The third-order valence-corrected chi connectivity index (χ3v) is 5.59. The average Bonchev–Trinajstić information content (AvgIpc) is 2.41. The predicted octanol–water partition coefficient (Wildman–Crippen LogP) is 3.28. The third kappa shape index (κ3) is 3.27. The van der Waals surface area contributed by atoms with E-state index in [9.17, 15) is 0 Å². The van der Waals surface area contributed by atoms with Crippen LogP contribution in [0.4, 0.5) is 0 Å². The number of hydrogen-bond acceptors (Lipinski definition) is 2. The summed E-state index contributed by atoms with van der Waals surface area (Å²) in [4.78, 5) is 2.75. The largest absolute Gasteiger partial charge is 0.309 e. The predicted molar refractivity (Wildman–Crippen MR) is 78.9 cm³/mol. The summed E-state index contributed by atoms with van der Waals surface area (Å²) >= 11 is 0. The minimum absolute atomic E-state index is 0.399. The van der Waals surface area contributed by atoms with E-state index >= 15 is 0 Å². The van der Waals surface area contributed by atoms with Gasteiger partial charge in [0, 0.05) is 31.7 Å². The number of rotatable bonds is 4. The molecule has 0 radical (unpaired) electrons. The van der Waals surface area contributed by atoms with Crippen LogP contribution in [0, 0.1) is 11.8 Å². The van der Waals surface area contributed by atoms with Gasteiger partial charge in [0.1, 0.15) is 0 Å². The molecule has 2 unspecified atom stereocenters. The standard InChI is InChI=1S/C16H32N2/c1-4-16(5-2)13-18(11-10-17-16)12-15-9-7-6-8-14(15)3/h14-15,17H,4-13H2,1-3H3. The van der Waals surface area contributed by atoms with Gasteiger partial charge in [0.05, 0.1) is 0 Å². The van der Waals surface area contributed by atoms with Crippen molar-refractivity contribution in [3.05, 3.63) is 0 Å². The van der Waals surface area contributed by atoms with Crippen molar-refractivity contribution in [1.82, 2.24) is 10.2 Å². The fourth-order valence-electron chi connectivity index (χ4n) is 3.92. The molecule has 1 saturated carbocycles. The van der Waals surface area contributed by atoms with Gasteiger partial charge >= 0.3 is 0 Å². The van der Waals surface area contributed by atoms with Gasteiger partial charge < -0.3 is 5.32 Å². The minimum atomic E-state index is 0.399. The highest BCUT2D eigenvalue weighted by molar-refractivity contribution is 4.93. The maximum absolute atomic E-state index is 3.77. The molecule has 2 heteroatoms. The molecule has 2 nitrogen and oxygen atoms in total. The molecule has 1 aliphatic heterocycles. The molecular weight excluding hydrogens is 220 g/mol. The fourth-order valence-corrected chi connectivity index (χ4v) is 3.92. The lowest BCUT2D eigenvalue weighted by Crippen LogP contribution is -2.60. The highest BCUT2D eigenvalue weighted by atomic mass is 15.2. The first kappa shape index (κ1) is 14.3. The van der Waals surface area contributed by atoms with E-state index in [-0.39, 0.29) is 0 Å². The second-order valence-electron chi connectivity index (χ2n) is 6.67. The molecule has 0 amide bonds. The molecule has 0 bridgehead atoms. The number of nitrogens with zero attached hydrogens (tertiary/aromatic N) is 1. The number of hydrogen-bond donors (Lipinski definition) is 1. The van der Waals surface area contributed by atoms with Crippen LogP contribution in [0.2, 0.25) is 0 Å². The molecule has 1 aliphatic carbocycles. The molecule has 0 aromatic carbocycles. The van der Waals surface area contributed by atoms with Crippen molar-refractivity contribution in [3.63, 3.8) is 0 Å². The lowest BCUT2D eigenvalue weighted by Gasteiger charge is -2.45. The van der Waals surface area contributed by atoms with Gasteiger partial charge in [-0.25, -0.2) is 0 Å². The topological polar surface area (TPSA) is 15.3 Å². The van der Waals surface area contributed by atoms with Crippen LogP contribution in [-0.4, -0.2) is 36.6 Å². The van der Waals surface area contributed by atoms with E-state index < -0.39 is 0 Å². The van der Waals surface area contributed by atoms with Crippen LogP contribution >= 0.6 is 0 Å². The molecule has 0 aromatic rings. The second kappa shape index (κ2) is 6.38. The first-order valence-electron chi connectivity index (χ1n) is 8.16. The highest BCUT2D eigenvalue weighted by Crippen LogP contribution is 2.31. The van der Waals surface area contributed by atoms with Crippen molar-refractivity contribution in [2.24, 2.45) is 11.8 Å². The molecule has 2 rings (SSSR count). The average molecular weight is 252 g/mol. The van der Waals surface area contributed by atoms with Gasteiger partial charge in [0.15, 0.2) is 0 Å². The summed E-state index contributed by atoms with van der Waals surface area (Å²) in [6.45, 7) is 12.2. The summed E-state index contributed by atoms with van der Waals surface area (Å²) in [6.07, 6.45) is 8.39. The molecule has 0 aromatic heterocycles. The Bertz CT molecular complexity index is 247. The monoisotopic (exact) mass is 252 g/mol. The van der Waals surface area contributed by atoms with E-state index in [1.54, 1.807) is 0 Å². The summed E-state index contributed by atoms with van der Waals surface area (Å²) in [5.74, 6) is 1.91. The van der Waals surface area contributed by atoms with Crippen molar-refractivity contribution in [1.29, 1.82) is 0 Å². The van der Waals surface area contributed by atoms with Crippen LogP contribution in [0.5, 0.6) is 0 Å². The van der Waals surface area contributed by atoms with Crippen LogP contribution in [-0.2, 0) is 0 Å². The van der Waals surface area contributed by atoms with Crippen molar-refractivity contribution < 1.29 is 0 Å². The summed E-state index contributed by atoms with van der Waals surface area (Å²) in [5.41, 5.74) is 0.399. The molecule has 0 spiro atoms. The van der Waals surface area contributed by atoms with E-state index in [0.717, 1.165) is 11.8 Å². The van der Waals surface area contributed by atoms with E-state index in [0.29, 0.717) is 5.54 Å². The van der Waals surface area contributed by atoms with Crippen molar-refractivity contribution in [2.45, 2.75) is 64.8 Å². The Morgan fingerprint density at radius 1 is 1.17 bits per heavy atom. The van der Waals surface area contributed by atoms with Gasteiger partial charge in [-0.05, 0) is 31.1 Å². The molecule has 2 atom stereocenters. The smallest absolute Gasteiger partial charge is 0.0304 e. The van der Waals surface area contributed by atoms with Crippen LogP contribution in [0.1, 0.15) is 59.3 Å². The zero-order chi connectivity index (χ0) is 13.0. The SMILES string of the molecule is CCC1(CC)CN(CC2CCCCC2C)CCN1. The normalized spacial score (nSPS) is 33.5. The zero-order valence-corrected chi connectivity index (χ0v) is 12.7. The van der Waals surface area contributed by atoms with E-state index in [1.165, 1.54) is 64.7 Å². The third-order valence-electron chi connectivity index (χ3n) is 5.59. The first-order valence-corrected chi connectivity index (χ1v) is 8.16. The first-order chi connectivity index (χ1) is 8.69. The minimum Gasteiger partial charge on any atom is -0.309 e. The molecule has 2 fully saturated rings. The summed E-state index contributed by atoms with van der Waals surface area (Å²) in [7, 11) is 0. The second-order valence-corrected chi connectivity index (χ2v) is 6.67. The lowest BCUT2D eigenvalue weighted by atomic mass is 9.79. The van der Waals surface area contributed by atoms with Gasteiger partial charge in [-0.1, -0.05) is 40.0 Å². The quantitative estimate of drug-likeness (QED) is 0.826. The van der Waals surface area contributed by atoms with Gasteiger partial charge in [0.2, 0.25) is 0 Å². The summed E-state index contributed by atoms with van der Waals surface area (Å²) in [6, 6.07) is 0. The Morgan fingerprint density at radius 2 is 1.89 bits per heavy atom. The van der Waals surface area contributed by atoms with Gasteiger partial charge in [-0.3, -0.25) is 4.90 Å². The van der Waals surface area contributed by atoms with Gasteiger partial charge in [-0.15, -0.1) is 0 Å². The van der Waals surface area contributed by atoms with Crippen molar-refractivity contribution >= 4 is 0 Å². The zero-order valence-electron chi connectivity index (χ0n) is 12.7. The molecule has 2 aliphatic rings. The molecule has 1 saturated heterocycles. The van der Waals surface area contributed by atoms with Gasteiger partial charge in [-0.2, -0.15) is 0 Å². The Balaban J connectivity index is 1.88. The number of piperazine rings is 1. The molecule has 1 heterocycles. The maximum atomic E-state index is 3.77. The van der Waals surface area contributed by atoms with Crippen LogP contribution in [0.15, 0.2) is 0 Å². The lowest BCUT2D eigenvalue weighted by molar-refractivity contribution is 0.0866. The molecular formula is C16H32N2. The maximum Gasteiger partial charge on any atom is 0.0304 e. The van der Waals surface area contributed by atoms with E-state index in [1.807, 2.05) is 0 Å². The van der Waals surface area contributed by atoms with Crippen LogP contribution < -0.4 is 5.32 Å². The van der Waals surface area contributed by atoms with Crippen molar-refractivity contribution in [2.75, 3.05) is 26.2 Å². The van der Waals surface area contributed by atoms with Crippen molar-refractivity contribution in [3.8, 4) is 0 Å². The number of nitrogens with one attached hydrogen (secondary N) is 1. The Hall–Kier alpha value is -0.0800. The van der Waals surface area contributed by atoms with Crippen LogP contribution in [0.25, 0.3) is 0 Å². The van der Waals surface area contributed by atoms with Crippen LogP contribution in [0.3, 0.4) is 0 Å². The summed E-state index contributed by atoms with van der Waals surface area (Å²) in [5, 5.41) is 3.77. The Kier molecular flexibility index (Phi) is 5.08. The van der Waals surface area contributed by atoms with E-state index in [2.05, 4.69) is 31.0 Å². The Morgan fingerprint density at radius 3 is 2.56 bits per heavy atom. The molecule has 106 valence electrons.